The Morgan fingerprint density at radius 2 is 1.93 bits per heavy atom. The van der Waals surface area contributed by atoms with Gasteiger partial charge in [-0.1, -0.05) is 19.9 Å². The van der Waals surface area contributed by atoms with Crippen molar-refractivity contribution in [1.82, 2.24) is 10.2 Å². The van der Waals surface area contributed by atoms with E-state index in [1.165, 1.54) is 5.56 Å². The van der Waals surface area contributed by atoms with E-state index in [1.807, 2.05) is 19.2 Å². The first-order valence-corrected chi connectivity index (χ1v) is 10.4. The van der Waals surface area contributed by atoms with E-state index in [0.717, 1.165) is 56.5 Å². The molecule has 1 aromatic carbocycles. The highest BCUT2D eigenvalue weighted by Gasteiger charge is 2.32. The van der Waals surface area contributed by atoms with Crippen LogP contribution in [0.1, 0.15) is 32.3 Å². The fourth-order valence-corrected chi connectivity index (χ4v) is 3.98. The fourth-order valence-electron chi connectivity index (χ4n) is 3.98. The van der Waals surface area contributed by atoms with Crippen molar-refractivity contribution in [2.24, 2.45) is 4.99 Å². The second-order valence-corrected chi connectivity index (χ2v) is 8.26. The van der Waals surface area contributed by atoms with Crippen LogP contribution in [0.15, 0.2) is 23.2 Å². The summed E-state index contributed by atoms with van der Waals surface area (Å²) in [6.07, 6.45) is 2.52. The van der Waals surface area contributed by atoms with Gasteiger partial charge in [0, 0.05) is 38.7 Å². The molecule has 2 aliphatic rings. The molecule has 162 valence electrons. The number of morpholine rings is 1. The minimum Gasteiger partial charge on any atom is -0.493 e. The number of benzene rings is 1. The first kappa shape index (κ1) is 21.7. The number of methoxy groups -OCH3 is 2. The molecule has 1 N–H and O–H groups in total. The quantitative estimate of drug-likeness (QED) is 0.579. The maximum Gasteiger partial charge on any atom is 0.193 e. The number of ether oxygens (including phenoxy) is 4. The van der Waals surface area contributed by atoms with Crippen molar-refractivity contribution in [3.63, 3.8) is 0 Å². The van der Waals surface area contributed by atoms with Crippen LogP contribution in [0.2, 0.25) is 0 Å². The van der Waals surface area contributed by atoms with Gasteiger partial charge in [0.1, 0.15) is 6.10 Å². The zero-order valence-corrected chi connectivity index (χ0v) is 18.4. The molecule has 3 rings (SSSR count). The highest BCUT2D eigenvalue weighted by molar-refractivity contribution is 5.80. The SMILES string of the molecule is CN=C(NCC(C)(C)c1ccc(OC)c(OC)c1)N1CCOC(C2CCCO2)C1. The summed E-state index contributed by atoms with van der Waals surface area (Å²) in [4.78, 5) is 6.80. The molecule has 0 radical (unpaired) electrons. The molecule has 0 aliphatic carbocycles. The van der Waals surface area contributed by atoms with Crippen molar-refractivity contribution in [2.75, 3.05) is 54.1 Å². The molecule has 0 amide bonds. The van der Waals surface area contributed by atoms with Gasteiger partial charge in [-0.05, 0) is 30.5 Å². The molecule has 0 spiro atoms. The van der Waals surface area contributed by atoms with E-state index in [0.29, 0.717) is 6.61 Å². The van der Waals surface area contributed by atoms with Gasteiger partial charge in [-0.2, -0.15) is 0 Å². The second-order valence-electron chi connectivity index (χ2n) is 8.26. The van der Waals surface area contributed by atoms with Crippen LogP contribution in [0, 0.1) is 0 Å². The average molecular weight is 406 g/mol. The Hall–Kier alpha value is -1.99. The molecule has 2 saturated heterocycles. The van der Waals surface area contributed by atoms with Crippen LogP contribution in [-0.2, 0) is 14.9 Å². The number of nitrogens with zero attached hydrogens (tertiary/aromatic N) is 2. The van der Waals surface area contributed by atoms with E-state index in [-0.39, 0.29) is 17.6 Å². The van der Waals surface area contributed by atoms with Gasteiger partial charge in [0.25, 0.3) is 0 Å². The van der Waals surface area contributed by atoms with Crippen molar-refractivity contribution in [2.45, 2.75) is 44.3 Å². The molecule has 0 saturated carbocycles. The molecule has 7 heteroatoms. The Balaban J connectivity index is 1.63. The Morgan fingerprint density at radius 3 is 2.59 bits per heavy atom. The van der Waals surface area contributed by atoms with E-state index < -0.39 is 0 Å². The fraction of sp³-hybridized carbons (Fsp3) is 0.682. The number of rotatable bonds is 6. The van der Waals surface area contributed by atoms with Crippen molar-refractivity contribution >= 4 is 5.96 Å². The number of hydrogen-bond acceptors (Lipinski definition) is 5. The van der Waals surface area contributed by atoms with E-state index in [2.05, 4.69) is 35.1 Å². The third-order valence-corrected chi connectivity index (χ3v) is 5.84. The predicted molar refractivity (Wildman–Crippen MR) is 114 cm³/mol. The summed E-state index contributed by atoms with van der Waals surface area (Å²) in [6, 6.07) is 6.10. The normalized spacial score (nSPS) is 23.2. The Bertz CT molecular complexity index is 701. The van der Waals surface area contributed by atoms with Gasteiger partial charge in [0.2, 0.25) is 0 Å². The molecule has 2 heterocycles. The van der Waals surface area contributed by atoms with Crippen LogP contribution >= 0.6 is 0 Å². The molecule has 2 aliphatic heterocycles. The van der Waals surface area contributed by atoms with Gasteiger partial charge in [0.15, 0.2) is 17.5 Å². The van der Waals surface area contributed by atoms with Crippen molar-refractivity contribution in [3.05, 3.63) is 23.8 Å². The number of nitrogens with one attached hydrogen (secondary N) is 1. The smallest absolute Gasteiger partial charge is 0.193 e. The Morgan fingerprint density at radius 1 is 1.17 bits per heavy atom. The molecular formula is C22H35N3O4. The first-order valence-electron chi connectivity index (χ1n) is 10.4. The molecule has 0 bridgehead atoms. The van der Waals surface area contributed by atoms with Crippen molar-refractivity contribution in [1.29, 1.82) is 0 Å². The highest BCUT2D eigenvalue weighted by Crippen LogP contribution is 2.33. The summed E-state index contributed by atoms with van der Waals surface area (Å²) in [5.74, 6) is 2.39. The molecular weight excluding hydrogens is 370 g/mol. The Labute approximate surface area is 174 Å². The summed E-state index contributed by atoms with van der Waals surface area (Å²) >= 11 is 0. The zero-order valence-electron chi connectivity index (χ0n) is 18.4. The molecule has 29 heavy (non-hydrogen) atoms. The van der Waals surface area contributed by atoms with Gasteiger partial charge >= 0.3 is 0 Å². The van der Waals surface area contributed by atoms with E-state index in [4.69, 9.17) is 18.9 Å². The van der Waals surface area contributed by atoms with E-state index >= 15 is 0 Å². The van der Waals surface area contributed by atoms with E-state index in [1.54, 1.807) is 14.2 Å². The number of guanidine groups is 1. The van der Waals surface area contributed by atoms with Gasteiger partial charge in [0.05, 0.1) is 26.9 Å². The van der Waals surface area contributed by atoms with E-state index in [9.17, 15) is 0 Å². The number of hydrogen-bond donors (Lipinski definition) is 1. The monoisotopic (exact) mass is 405 g/mol. The topological polar surface area (TPSA) is 64.6 Å². The molecule has 2 unspecified atom stereocenters. The third kappa shape index (κ3) is 5.14. The van der Waals surface area contributed by atoms with Crippen molar-refractivity contribution < 1.29 is 18.9 Å². The van der Waals surface area contributed by atoms with Crippen molar-refractivity contribution in [3.8, 4) is 11.5 Å². The predicted octanol–water partition coefficient (Wildman–Crippen LogP) is 2.44. The average Bonchev–Trinajstić information content (AvgIpc) is 3.29. The van der Waals surface area contributed by atoms with Crippen LogP contribution < -0.4 is 14.8 Å². The lowest BCUT2D eigenvalue weighted by Crippen LogP contribution is -2.54. The summed E-state index contributed by atoms with van der Waals surface area (Å²) in [7, 11) is 5.15. The van der Waals surface area contributed by atoms with Gasteiger partial charge in [-0.3, -0.25) is 4.99 Å². The molecule has 2 atom stereocenters. The summed E-state index contributed by atoms with van der Waals surface area (Å²) in [5.41, 5.74) is 1.06. The molecule has 2 fully saturated rings. The molecule has 1 aromatic rings. The minimum atomic E-state index is -0.115. The van der Waals surface area contributed by atoms with Crippen LogP contribution in [-0.4, -0.2) is 77.2 Å². The summed E-state index contributed by atoms with van der Waals surface area (Å²) in [5, 5.41) is 3.56. The minimum absolute atomic E-state index is 0.114. The highest BCUT2D eigenvalue weighted by atomic mass is 16.5. The standard InChI is InChI=1S/C22H35N3O4/c1-22(2,16-8-9-17(26-4)19(13-16)27-5)15-24-21(23-3)25-10-12-29-20(14-25)18-7-6-11-28-18/h8-9,13,18,20H,6-7,10-12,14-15H2,1-5H3,(H,23,24). The van der Waals surface area contributed by atoms with Gasteiger partial charge in [-0.25, -0.2) is 0 Å². The maximum absolute atomic E-state index is 5.97. The van der Waals surface area contributed by atoms with Crippen LogP contribution in [0.25, 0.3) is 0 Å². The largest absolute Gasteiger partial charge is 0.493 e. The van der Waals surface area contributed by atoms with Gasteiger partial charge < -0.3 is 29.2 Å². The first-order chi connectivity index (χ1) is 14.0. The number of aliphatic imine (C=N–C) groups is 1. The summed E-state index contributed by atoms with van der Waals surface area (Å²) in [6.45, 7) is 8.35. The third-order valence-electron chi connectivity index (χ3n) is 5.84. The molecule has 0 aromatic heterocycles. The lowest BCUT2D eigenvalue weighted by atomic mass is 9.84. The zero-order chi connectivity index (χ0) is 20.9. The lowest BCUT2D eigenvalue weighted by molar-refractivity contribution is -0.0817. The van der Waals surface area contributed by atoms with Crippen LogP contribution in [0.5, 0.6) is 11.5 Å². The Kier molecular flexibility index (Phi) is 7.24. The van der Waals surface area contributed by atoms with Crippen LogP contribution in [0.4, 0.5) is 0 Å². The molecule has 7 nitrogen and oxygen atoms in total. The lowest BCUT2D eigenvalue weighted by Gasteiger charge is -2.38. The van der Waals surface area contributed by atoms with Gasteiger partial charge in [-0.15, -0.1) is 0 Å². The van der Waals surface area contributed by atoms with Crippen LogP contribution in [0.3, 0.4) is 0 Å². The summed E-state index contributed by atoms with van der Waals surface area (Å²) < 4.78 is 22.6. The second kappa shape index (κ2) is 9.67. The maximum atomic E-state index is 5.97.